The zero-order chi connectivity index (χ0) is 15.9. The number of hydrogen-bond acceptors (Lipinski definition) is 3. The monoisotopic (exact) mass is 318 g/mol. The minimum atomic E-state index is -4.55. The van der Waals surface area contributed by atoms with Gasteiger partial charge < -0.3 is 0 Å². The molecule has 0 spiro atoms. The normalized spacial score (nSPS) is 16.0. The Hall–Kier alpha value is -2.02. The van der Waals surface area contributed by atoms with Gasteiger partial charge >= 0.3 is 6.18 Å². The Morgan fingerprint density at radius 3 is 2.10 bits per heavy atom. The number of imide groups is 1. The van der Waals surface area contributed by atoms with E-state index in [2.05, 4.69) is 5.43 Å². The lowest BCUT2D eigenvalue weighted by Crippen LogP contribution is -2.37. The molecule has 1 heterocycles. The number of alkyl halides is 3. The van der Waals surface area contributed by atoms with Crippen LogP contribution >= 0.6 is 11.6 Å². The summed E-state index contributed by atoms with van der Waals surface area (Å²) in [6.45, 7) is 2.93. The largest absolute Gasteiger partial charge is 0.416 e. The maximum absolute atomic E-state index is 12.7. The molecule has 1 N–H and O–H groups in total. The molecule has 112 valence electrons. The summed E-state index contributed by atoms with van der Waals surface area (Å²) in [4.78, 5) is 23.7. The molecule has 2 amide bonds. The fourth-order valence-corrected chi connectivity index (χ4v) is 1.92. The maximum Gasteiger partial charge on any atom is 0.416 e. The molecule has 8 heteroatoms. The van der Waals surface area contributed by atoms with Gasteiger partial charge in [-0.25, -0.2) is 0 Å². The van der Waals surface area contributed by atoms with Crippen molar-refractivity contribution < 1.29 is 22.8 Å². The molecule has 0 aromatic heterocycles. The number of hydrazine groups is 1. The van der Waals surface area contributed by atoms with E-state index >= 15 is 0 Å². The van der Waals surface area contributed by atoms with Gasteiger partial charge in [0.15, 0.2) is 0 Å². The van der Waals surface area contributed by atoms with Gasteiger partial charge in [-0.1, -0.05) is 11.6 Å². The van der Waals surface area contributed by atoms with Gasteiger partial charge in [-0.3, -0.25) is 15.0 Å². The quantitative estimate of drug-likeness (QED) is 0.850. The summed E-state index contributed by atoms with van der Waals surface area (Å²) in [6.07, 6.45) is -4.55. The first kappa shape index (κ1) is 15.4. The van der Waals surface area contributed by atoms with Crippen LogP contribution in [0.15, 0.2) is 29.3 Å². The van der Waals surface area contributed by atoms with Gasteiger partial charge in [0.05, 0.1) is 16.3 Å². The Kier molecular flexibility index (Phi) is 3.71. The number of amides is 2. The highest BCUT2D eigenvalue weighted by atomic mass is 35.5. The van der Waals surface area contributed by atoms with Gasteiger partial charge in [0.2, 0.25) is 0 Å². The summed E-state index contributed by atoms with van der Waals surface area (Å²) in [5.74, 6) is -1.24. The highest BCUT2D eigenvalue weighted by molar-refractivity contribution is 6.33. The molecule has 21 heavy (non-hydrogen) atoms. The predicted molar refractivity (Wildman–Crippen MR) is 70.3 cm³/mol. The van der Waals surface area contributed by atoms with Crippen LogP contribution in [0.1, 0.15) is 19.4 Å². The highest BCUT2D eigenvalue weighted by Crippen LogP contribution is 2.34. The minimum Gasteiger partial charge on any atom is -0.287 e. The van der Waals surface area contributed by atoms with Crippen LogP contribution in [0.25, 0.3) is 0 Å². The van der Waals surface area contributed by atoms with E-state index in [0.29, 0.717) is 5.01 Å². The molecular formula is C13H10ClF3N2O2. The van der Waals surface area contributed by atoms with E-state index in [4.69, 9.17) is 11.6 Å². The summed E-state index contributed by atoms with van der Waals surface area (Å²) in [6, 6.07) is 2.60. The van der Waals surface area contributed by atoms with Gasteiger partial charge in [-0.15, -0.1) is 0 Å². The Bertz CT molecular complexity index is 644. The fraction of sp³-hybridized carbons (Fsp3) is 0.231. The van der Waals surface area contributed by atoms with Crippen molar-refractivity contribution in [1.29, 1.82) is 0 Å². The molecule has 0 bridgehead atoms. The van der Waals surface area contributed by atoms with Crippen LogP contribution in [0.5, 0.6) is 0 Å². The Labute approximate surface area is 123 Å². The second-order valence-electron chi connectivity index (χ2n) is 4.50. The van der Waals surface area contributed by atoms with E-state index in [1.165, 1.54) is 13.8 Å². The lowest BCUT2D eigenvalue weighted by Gasteiger charge is -2.19. The Morgan fingerprint density at radius 2 is 1.62 bits per heavy atom. The number of halogens is 4. The van der Waals surface area contributed by atoms with Gasteiger partial charge in [-0.05, 0) is 32.0 Å². The molecule has 0 saturated heterocycles. The zero-order valence-electron chi connectivity index (χ0n) is 11.0. The standard InChI is InChI=1S/C13H10ClF3N2O2/c1-6-7(2)12(21)19(11(6)20)18-10-5-8(13(15,16)17)3-4-9(10)14/h3-5,18H,1-2H3. The number of rotatable bonds is 2. The third kappa shape index (κ3) is 2.73. The van der Waals surface area contributed by atoms with Crippen LogP contribution in [0, 0.1) is 0 Å². The summed E-state index contributed by atoms with van der Waals surface area (Å²) in [5, 5.41) is 0.609. The molecule has 0 radical (unpaired) electrons. The van der Waals surface area contributed by atoms with Crippen LogP contribution in [0.4, 0.5) is 18.9 Å². The Morgan fingerprint density at radius 1 is 1.10 bits per heavy atom. The van der Waals surface area contributed by atoms with E-state index in [0.717, 1.165) is 18.2 Å². The second-order valence-corrected chi connectivity index (χ2v) is 4.91. The summed E-state index contributed by atoms with van der Waals surface area (Å²) < 4.78 is 38.0. The van der Waals surface area contributed by atoms with Crippen LogP contribution in [0.2, 0.25) is 5.02 Å². The number of anilines is 1. The smallest absolute Gasteiger partial charge is 0.287 e. The van der Waals surface area contributed by atoms with Crippen LogP contribution in [0.3, 0.4) is 0 Å². The van der Waals surface area contributed by atoms with Gasteiger partial charge in [-0.2, -0.15) is 18.2 Å². The van der Waals surface area contributed by atoms with Crippen molar-refractivity contribution in [3.63, 3.8) is 0 Å². The van der Waals surface area contributed by atoms with Crippen LogP contribution in [-0.2, 0) is 15.8 Å². The van der Waals surface area contributed by atoms with Crippen molar-refractivity contribution in [2.24, 2.45) is 0 Å². The molecular weight excluding hydrogens is 309 g/mol. The van der Waals surface area contributed by atoms with E-state index in [1.807, 2.05) is 0 Å². The first-order valence-corrected chi connectivity index (χ1v) is 6.20. The lowest BCUT2D eigenvalue weighted by molar-refractivity contribution is -0.137. The van der Waals surface area contributed by atoms with Crippen LogP contribution < -0.4 is 5.43 Å². The second kappa shape index (κ2) is 5.07. The van der Waals surface area contributed by atoms with Crippen molar-refractivity contribution >= 4 is 29.1 Å². The lowest BCUT2D eigenvalue weighted by atomic mass is 10.2. The van der Waals surface area contributed by atoms with Crippen molar-refractivity contribution in [2.45, 2.75) is 20.0 Å². The van der Waals surface area contributed by atoms with Gasteiger partial charge in [0, 0.05) is 11.1 Å². The highest BCUT2D eigenvalue weighted by Gasteiger charge is 2.35. The number of carbonyl (C=O) groups is 2. The fourth-order valence-electron chi connectivity index (χ4n) is 1.76. The first-order valence-electron chi connectivity index (χ1n) is 5.82. The SMILES string of the molecule is CC1=C(C)C(=O)N(Nc2cc(C(F)(F)F)ccc2Cl)C1=O. The number of carbonyl (C=O) groups excluding carboxylic acids is 2. The van der Waals surface area contributed by atoms with Crippen molar-refractivity contribution in [3.05, 3.63) is 39.9 Å². The average molecular weight is 319 g/mol. The molecule has 0 unspecified atom stereocenters. The minimum absolute atomic E-state index is 0.0363. The first-order chi connectivity index (χ1) is 9.62. The number of nitrogens with zero attached hydrogens (tertiary/aromatic N) is 1. The molecule has 2 rings (SSSR count). The third-order valence-corrected chi connectivity index (χ3v) is 3.47. The molecule has 1 aliphatic heterocycles. The van der Waals surface area contributed by atoms with Crippen molar-refractivity contribution in [2.75, 3.05) is 5.43 Å². The number of benzene rings is 1. The molecule has 0 fully saturated rings. The average Bonchev–Trinajstić information content (AvgIpc) is 2.57. The number of nitrogens with one attached hydrogen (secondary N) is 1. The van der Waals surface area contributed by atoms with Gasteiger partial charge in [0.1, 0.15) is 0 Å². The summed E-state index contributed by atoms with van der Waals surface area (Å²) in [7, 11) is 0. The molecule has 0 saturated carbocycles. The Balaban J connectivity index is 2.33. The van der Waals surface area contributed by atoms with E-state index in [1.54, 1.807) is 0 Å². The summed E-state index contributed by atoms with van der Waals surface area (Å²) in [5.41, 5.74) is 1.70. The van der Waals surface area contributed by atoms with Crippen molar-refractivity contribution in [1.82, 2.24) is 5.01 Å². The predicted octanol–water partition coefficient (Wildman–Crippen LogP) is 3.39. The molecule has 0 atom stereocenters. The molecule has 1 aliphatic rings. The maximum atomic E-state index is 12.7. The van der Waals surface area contributed by atoms with E-state index in [9.17, 15) is 22.8 Å². The number of hydrogen-bond donors (Lipinski definition) is 1. The van der Waals surface area contributed by atoms with Gasteiger partial charge in [0.25, 0.3) is 11.8 Å². The summed E-state index contributed by atoms with van der Waals surface area (Å²) >= 11 is 5.80. The topological polar surface area (TPSA) is 49.4 Å². The molecule has 4 nitrogen and oxygen atoms in total. The zero-order valence-corrected chi connectivity index (χ0v) is 11.8. The van der Waals surface area contributed by atoms with Crippen LogP contribution in [-0.4, -0.2) is 16.8 Å². The third-order valence-electron chi connectivity index (χ3n) is 3.14. The van der Waals surface area contributed by atoms with E-state index < -0.39 is 23.6 Å². The van der Waals surface area contributed by atoms with E-state index in [-0.39, 0.29) is 21.9 Å². The van der Waals surface area contributed by atoms with Crippen molar-refractivity contribution in [3.8, 4) is 0 Å². The molecule has 1 aromatic rings. The molecule has 1 aromatic carbocycles. The molecule has 0 aliphatic carbocycles.